The van der Waals surface area contributed by atoms with E-state index in [9.17, 15) is 8.42 Å². The zero-order valence-corrected chi connectivity index (χ0v) is 8.87. The molecule has 14 heavy (non-hydrogen) atoms. The Balaban J connectivity index is 3.10. The standard InChI is InChI=1S/C9H14N2O2S/c1-8-4-2-3-5-9(8,6-7-10)11-14(12)13/h2-5,8H,6-7,10H2,1H3. The van der Waals surface area contributed by atoms with Gasteiger partial charge in [-0.2, -0.15) is 12.8 Å². The SMILES string of the molecule is CC1C=CC=CC1(CCN)N=S(=O)=O. The van der Waals surface area contributed by atoms with Crippen molar-refractivity contribution in [2.24, 2.45) is 16.0 Å². The van der Waals surface area contributed by atoms with Gasteiger partial charge in [-0.05, 0) is 13.0 Å². The predicted octanol–water partition coefficient (Wildman–Crippen LogP) is 0.899. The molecule has 2 N–H and O–H groups in total. The second-order valence-electron chi connectivity index (χ2n) is 3.37. The Bertz CT molecular complexity index is 376. The van der Waals surface area contributed by atoms with Gasteiger partial charge in [0.2, 0.25) is 0 Å². The average Bonchev–Trinajstić information content (AvgIpc) is 2.09. The van der Waals surface area contributed by atoms with Crippen molar-refractivity contribution in [2.75, 3.05) is 6.54 Å². The summed E-state index contributed by atoms with van der Waals surface area (Å²) in [5.74, 6) is 0.0638. The molecule has 5 heteroatoms. The van der Waals surface area contributed by atoms with E-state index in [-0.39, 0.29) is 5.92 Å². The molecule has 78 valence electrons. The summed E-state index contributed by atoms with van der Waals surface area (Å²) >= 11 is 0. The maximum atomic E-state index is 10.6. The van der Waals surface area contributed by atoms with Crippen LogP contribution in [0.2, 0.25) is 0 Å². The van der Waals surface area contributed by atoms with Crippen molar-refractivity contribution >= 4 is 10.5 Å². The van der Waals surface area contributed by atoms with Crippen molar-refractivity contribution < 1.29 is 8.42 Å². The Labute approximate surface area is 85.2 Å². The Kier molecular flexibility index (Phi) is 3.60. The van der Waals surface area contributed by atoms with Gasteiger partial charge in [0.05, 0.1) is 0 Å². The molecule has 2 unspecified atom stereocenters. The molecule has 0 aromatic rings. The minimum Gasteiger partial charge on any atom is -0.330 e. The molecule has 1 aliphatic carbocycles. The third kappa shape index (κ3) is 2.30. The highest BCUT2D eigenvalue weighted by Crippen LogP contribution is 2.31. The molecular formula is C9H14N2O2S. The minimum absolute atomic E-state index is 0.0638. The van der Waals surface area contributed by atoms with Crippen molar-refractivity contribution in [1.29, 1.82) is 0 Å². The maximum Gasteiger partial charge on any atom is 0.312 e. The molecule has 0 heterocycles. The quantitative estimate of drug-likeness (QED) is 0.758. The predicted molar refractivity (Wildman–Crippen MR) is 55.2 cm³/mol. The van der Waals surface area contributed by atoms with Gasteiger partial charge in [0.15, 0.2) is 0 Å². The van der Waals surface area contributed by atoms with Gasteiger partial charge in [0.1, 0.15) is 5.54 Å². The van der Waals surface area contributed by atoms with Crippen LogP contribution in [0.15, 0.2) is 28.7 Å². The van der Waals surface area contributed by atoms with E-state index in [0.29, 0.717) is 13.0 Å². The lowest BCUT2D eigenvalue weighted by Gasteiger charge is -2.30. The fourth-order valence-electron chi connectivity index (χ4n) is 1.61. The van der Waals surface area contributed by atoms with Gasteiger partial charge in [-0.15, -0.1) is 0 Å². The van der Waals surface area contributed by atoms with Crippen LogP contribution < -0.4 is 5.73 Å². The Morgan fingerprint density at radius 2 is 2.21 bits per heavy atom. The summed E-state index contributed by atoms with van der Waals surface area (Å²) < 4.78 is 25.0. The maximum absolute atomic E-state index is 10.6. The molecule has 0 saturated carbocycles. The van der Waals surface area contributed by atoms with E-state index in [4.69, 9.17) is 5.73 Å². The van der Waals surface area contributed by atoms with Gasteiger partial charge in [0.25, 0.3) is 0 Å². The van der Waals surface area contributed by atoms with Crippen molar-refractivity contribution in [3.8, 4) is 0 Å². The van der Waals surface area contributed by atoms with Crippen LogP contribution in [0.5, 0.6) is 0 Å². The number of hydrogen-bond acceptors (Lipinski definition) is 4. The van der Waals surface area contributed by atoms with E-state index < -0.39 is 16.0 Å². The average molecular weight is 214 g/mol. The minimum atomic E-state index is -2.39. The van der Waals surface area contributed by atoms with Crippen molar-refractivity contribution in [3.05, 3.63) is 24.3 Å². The van der Waals surface area contributed by atoms with Crippen LogP contribution in [0.4, 0.5) is 0 Å². The number of nitrogens with two attached hydrogens (primary N) is 1. The lowest BCUT2D eigenvalue weighted by Crippen LogP contribution is -2.34. The zero-order chi connectivity index (χ0) is 10.6. The largest absolute Gasteiger partial charge is 0.330 e. The van der Waals surface area contributed by atoms with Crippen molar-refractivity contribution in [3.63, 3.8) is 0 Å². The smallest absolute Gasteiger partial charge is 0.312 e. The number of allylic oxidation sites excluding steroid dienone is 2. The fraction of sp³-hybridized carbons (Fsp3) is 0.556. The van der Waals surface area contributed by atoms with Crippen LogP contribution in [-0.2, 0) is 10.5 Å². The Hall–Kier alpha value is -0.940. The molecule has 0 saturated heterocycles. The summed E-state index contributed by atoms with van der Waals surface area (Å²) in [6, 6.07) is 0. The molecule has 0 fully saturated rings. The normalized spacial score (nSPS) is 30.3. The molecular weight excluding hydrogens is 200 g/mol. The van der Waals surface area contributed by atoms with Gasteiger partial charge in [-0.25, -0.2) is 0 Å². The third-order valence-electron chi connectivity index (χ3n) is 2.47. The summed E-state index contributed by atoms with van der Waals surface area (Å²) in [6.07, 6.45) is 7.99. The van der Waals surface area contributed by atoms with E-state index >= 15 is 0 Å². The molecule has 0 radical (unpaired) electrons. The number of hydrogen-bond donors (Lipinski definition) is 1. The van der Waals surface area contributed by atoms with E-state index in [1.54, 1.807) is 6.08 Å². The first-order valence-electron chi connectivity index (χ1n) is 4.49. The van der Waals surface area contributed by atoms with Gasteiger partial charge >= 0.3 is 10.5 Å². The monoisotopic (exact) mass is 214 g/mol. The fourth-order valence-corrected chi connectivity index (χ4v) is 2.21. The lowest BCUT2D eigenvalue weighted by molar-refractivity contribution is 0.398. The summed E-state index contributed by atoms with van der Waals surface area (Å²) in [4.78, 5) is 0. The summed E-state index contributed by atoms with van der Waals surface area (Å²) in [7, 11) is -2.39. The van der Waals surface area contributed by atoms with Crippen LogP contribution in [-0.4, -0.2) is 20.5 Å². The highest BCUT2D eigenvalue weighted by Gasteiger charge is 2.33. The van der Waals surface area contributed by atoms with E-state index in [0.717, 1.165) is 0 Å². The van der Waals surface area contributed by atoms with E-state index in [2.05, 4.69) is 4.36 Å². The third-order valence-corrected chi connectivity index (χ3v) is 2.96. The van der Waals surface area contributed by atoms with Crippen LogP contribution in [0.25, 0.3) is 0 Å². The first kappa shape index (κ1) is 11.1. The molecule has 0 bridgehead atoms. The first-order chi connectivity index (χ1) is 6.60. The van der Waals surface area contributed by atoms with Crippen LogP contribution >= 0.6 is 0 Å². The first-order valence-corrected chi connectivity index (χ1v) is 5.52. The molecule has 4 nitrogen and oxygen atoms in total. The molecule has 0 aliphatic heterocycles. The van der Waals surface area contributed by atoms with Crippen LogP contribution in [0, 0.1) is 5.92 Å². The van der Waals surface area contributed by atoms with Crippen LogP contribution in [0.1, 0.15) is 13.3 Å². The second kappa shape index (κ2) is 4.52. The number of nitrogens with zero attached hydrogens (tertiary/aromatic N) is 1. The summed E-state index contributed by atoms with van der Waals surface area (Å²) in [6.45, 7) is 2.36. The highest BCUT2D eigenvalue weighted by atomic mass is 32.2. The molecule has 0 aromatic heterocycles. The number of rotatable bonds is 3. The molecule has 0 aromatic carbocycles. The Morgan fingerprint density at radius 3 is 2.71 bits per heavy atom. The molecule has 0 spiro atoms. The van der Waals surface area contributed by atoms with Crippen molar-refractivity contribution in [2.45, 2.75) is 18.9 Å². The molecule has 2 atom stereocenters. The highest BCUT2D eigenvalue weighted by molar-refractivity contribution is 7.61. The Morgan fingerprint density at radius 1 is 1.50 bits per heavy atom. The molecule has 1 rings (SSSR count). The van der Waals surface area contributed by atoms with E-state index in [1.807, 2.05) is 25.2 Å². The second-order valence-corrected chi connectivity index (χ2v) is 3.99. The van der Waals surface area contributed by atoms with Crippen LogP contribution in [0.3, 0.4) is 0 Å². The van der Waals surface area contributed by atoms with Gasteiger partial charge in [-0.3, -0.25) is 0 Å². The topological polar surface area (TPSA) is 72.5 Å². The van der Waals surface area contributed by atoms with Gasteiger partial charge < -0.3 is 5.73 Å². The molecule has 0 amide bonds. The molecule has 1 aliphatic rings. The van der Waals surface area contributed by atoms with Gasteiger partial charge in [-0.1, -0.05) is 31.2 Å². The lowest BCUT2D eigenvalue weighted by atomic mass is 9.80. The van der Waals surface area contributed by atoms with E-state index in [1.165, 1.54) is 0 Å². The summed E-state index contributed by atoms with van der Waals surface area (Å²) in [5, 5.41) is 0. The van der Waals surface area contributed by atoms with Gasteiger partial charge in [0, 0.05) is 5.92 Å². The van der Waals surface area contributed by atoms with Crippen molar-refractivity contribution in [1.82, 2.24) is 0 Å². The zero-order valence-electron chi connectivity index (χ0n) is 8.05. The summed E-state index contributed by atoms with van der Waals surface area (Å²) in [5.41, 5.74) is 4.79.